The Balaban J connectivity index is 1.59. The number of rotatable bonds is 4. The zero-order chi connectivity index (χ0) is 16.2. The van der Waals surface area contributed by atoms with E-state index in [1.165, 1.54) is 0 Å². The summed E-state index contributed by atoms with van der Waals surface area (Å²) in [6.07, 6.45) is 3.12. The fourth-order valence-corrected chi connectivity index (χ4v) is 2.60. The van der Waals surface area contributed by atoms with E-state index in [1.807, 2.05) is 37.3 Å². The maximum Gasteiger partial charge on any atom is 0.253 e. The van der Waals surface area contributed by atoms with Crippen molar-refractivity contribution in [1.82, 2.24) is 10.3 Å². The fourth-order valence-electron chi connectivity index (χ4n) is 2.60. The predicted octanol–water partition coefficient (Wildman–Crippen LogP) is 2.45. The van der Waals surface area contributed by atoms with Crippen molar-refractivity contribution in [3.8, 4) is 0 Å². The van der Waals surface area contributed by atoms with E-state index in [9.17, 15) is 9.59 Å². The van der Waals surface area contributed by atoms with Crippen LogP contribution in [0.15, 0.2) is 42.6 Å². The van der Waals surface area contributed by atoms with E-state index in [-0.39, 0.29) is 11.8 Å². The Morgan fingerprint density at radius 2 is 2.00 bits per heavy atom. The van der Waals surface area contributed by atoms with Gasteiger partial charge in [-0.25, -0.2) is 0 Å². The molecule has 0 saturated carbocycles. The number of nitrogens with zero attached hydrogens (tertiary/aromatic N) is 2. The first kappa shape index (κ1) is 15.2. The fraction of sp³-hybridized carbons (Fsp3) is 0.278. The van der Waals surface area contributed by atoms with E-state index in [4.69, 9.17) is 0 Å². The highest BCUT2D eigenvalue weighted by atomic mass is 16.2. The van der Waals surface area contributed by atoms with Crippen molar-refractivity contribution in [2.45, 2.75) is 26.3 Å². The second-order valence-electron chi connectivity index (χ2n) is 5.69. The number of benzene rings is 1. The Labute approximate surface area is 135 Å². The van der Waals surface area contributed by atoms with Crippen LogP contribution in [0.25, 0.3) is 0 Å². The van der Waals surface area contributed by atoms with Crippen LogP contribution in [0.5, 0.6) is 0 Å². The molecular weight excluding hydrogens is 290 g/mol. The lowest BCUT2D eigenvalue weighted by molar-refractivity contribution is -0.117. The van der Waals surface area contributed by atoms with Gasteiger partial charge in [-0.05, 0) is 43.2 Å². The third-order valence-electron chi connectivity index (χ3n) is 3.95. The van der Waals surface area contributed by atoms with Gasteiger partial charge in [-0.1, -0.05) is 12.1 Å². The minimum atomic E-state index is -0.142. The van der Waals surface area contributed by atoms with Gasteiger partial charge in [0, 0.05) is 37.1 Å². The molecule has 1 aromatic carbocycles. The standard InChI is InChI=1S/C18H19N3O2/c1-13-4-7-15(12-19-13)18(23)20-11-14-5-8-16(9-6-14)21-10-2-3-17(21)22/h4-9,12H,2-3,10-11H2,1H3,(H,20,23). The smallest absolute Gasteiger partial charge is 0.253 e. The van der Waals surface area contributed by atoms with Gasteiger partial charge in [0.05, 0.1) is 5.56 Å². The van der Waals surface area contributed by atoms with E-state index in [1.54, 1.807) is 17.2 Å². The molecule has 2 aromatic rings. The molecular formula is C18H19N3O2. The Bertz CT molecular complexity index is 708. The van der Waals surface area contributed by atoms with Crippen molar-refractivity contribution in [1.29, 1.82) is 0 Å². The number of hydrogen-bond acceptors (Lipinski definition) is 3. The number of pyridine rings is 1. The molecule has 1 fully saturated rings. The molecule has 0 bridgehead atoms. The van der Waals surface area contributed by atoms with Crippen molar-refractivity contribution in [3.05, 3.63) is 59.4 Å². The summed E-state index contributed by atoms with van der Waals surface area (Å²) in [5, 5.41) is 2.87. The maximum absolute atomic E-state index is 12.0. The number of carbonyl (C=O) groups is 2. The number of aryl methyl sites for hydroxylation is 1. The van der Waals surface area contributed by atoms with Crippen LogP contribution >= 0.6 is 0 Å². The minimum Gasteiger partial charge on any atom is -0.348 e. The zero-order valence-electron chi connectivity index (χ0n) is 13.1. The minimum absolute atomic E-state index is 0.142. The van der Waals surface area contributed by atoms with Crippen molar-refractivity contribution in [2.24, 2.45) is 0 Å². The van der Waals surface area contributed by atoms with Crippen LogP contribution in [0.4, 0.5) is 5.69 Å². The lowest BCUT2D eigenvalue weighted by Crippen LogP contribution is -2.24. The van der Waals surface area contributed by atoms with Gasteiger partial charge in [-0.2, -0.15) is 0 Å². The van der Waals surface area contributed by atoms with E-state index in [0.29, 0.717) is 18.5 Å². The Kier molecular flexibility index (Phi) is 4.37. The van der Waals surface area contributed by atoms with Gasteiger partial charge in [0.15, 0.2) is 0 Å². The summed E-state index contributed by atoms with van der Waals surface area (Å²) in [4.78, 5) is 29.7. The van der Waals surface area contributed by atoms with Crippen molar-refractivity contribution < 1.29 is 9.59 Å². The highest BCUT2D eigenvalue weighted by molar-refractivity contribution is 5.95. The average molecular weight is 309 g/mol. The first-order valence-electron chi connectivity index (χ1n) is 7.73. The quantitative estimate of drug-likeness (QED) is 0.943. The second-order valence-corrected chi connectivity index (χ2v) is 5.69. The van der Waals surface area contributed by atoms with E-state index in [0.717, 1.165) is 29.9 Å². The van der Waals surface area contributed by atoms with Crippen molar-refractivity contribution in [2.75, 3.05) is 11.4 Å². The molecule has 0 unspecified atom stereocenters. The Morgan fingerprint density at radius 1 is 1.22 bits per heavy atom. The first-order valence-corrected chi connectivity index (χ1v) is 7.73. The molecule has 0 radical (unpaired) electrons. The van der Waals surface area contributed by atoms with E-state index < -0.39 is 0 Å². The second kappa shape index (κ2) is 6.60. The third-order valence-corrected chi connectivity index (χ3v) is 3.95. The summed E-state index contributed by atoms with van der Waals surface area (Å²) >= 11 is 0. The van der Waals surface area contributed by atoms with Gasteiger partial charge in [-0.3, -0.25) is 14.6 Å². The summed E-state index contributed by atoms with van der Waals surface area (Å²) in [5.41, 5.74) is 3.35. The summed E-state index contributed by atoms with van der Waals surface area (Å²) in [5.74, 6) is 0.0363. The summed E-state index contributed by atoms with van der Waals surface area (Å²) < 4.78 is 0. The normalized spacial score (nSPS) is 14.1. The molecule has 3 rings (SSSR count). The van der Waals surface area contributed by atoms with Crippen LogP contribution in [-0.2, 0) is 11.3 Å². The summed E-state index contributed by atoms with van der Waals surface area (Å²) in [7, 11) is 0. The van der Waals surface area contributed by atoms with Crippen LogP contribution in [0.1, 0.15) is 34.5 Å². The number of anilines is 1. The molecule has 23 heavy (non-hydrogen) atoms. The molecule has 5 nitrogen and oxygen atoms in total. The molecule has 2 heterocycles. The highest BCUT2D eigenvalue weighted by Crippen LogP contribution is 2.21. The Morgan fingerprint density at radius 3 is 2.61 bits per heavy atom. The van der Waals surface area contributed by atoms with Crippen LogP contribution in [0.3, 0.4) is 0 Å². The molecule has 1 aliphatic heterocycles. The monoisotopic (exact) mass is 309 g/mol. The van der Waals surface area contributed by atoms with Crippen LogP contribution in [0, 0.1) is 6.92 Å². The number of carbonyl (C=O) groups excluding carboxylic acids is 2. The average Bonchev–Trinajstić information content (AvgIpc) is 3.00. The first-order chi connectivity index (χ1) is 11.1. The van der Waals surface area contributed by atoms with Crippen molar-refractivity contribution in [3.63, 3.8) is 0 Å². The maximum atomic E-state index is 12.0. The SMILES string of the molecule is Cc1ccc(C(=O)NCc2ccc(N3CCCC3=O)cc2)cn1. The predicted molar refractivity (Wildman–Crippen MR) is 88.2 cm³/mol. The van der Waals surface area contributed by atoms with E-state index >= 15 is 0 Å². The number of nitrogens with one attached hydrogen (secondary N) is 1. The molecule has 1 aliphatic rings. The highest BCUT2D eigenvalue weighted by Gasteiger charge is 2.21. The molecule has 118 valence electrons. The molecule has 0 atom stereocenters. The van der Waals surface area contributed by atoms with E-state index in [2.05, 4.69) is 10.3 Å². The van der Waals surface area contributed by atoms with Crippen molar-refractivity contribution >= 4 is 17.5 Å². The summed E-state index contributed by atoms with van der Waals surface area (Å²) in [6.45, 7) is 3.12. The van der Waals surface area contributed by atoms with Crippen LogP contribution in [-0.4, -0.2) is 23.3 Å². The largest absolute Gasteiger partial charge is 0.348 e. The molecule has 2 amide bonds. The zero-order valence-corrected chi connectivity index (χ0v) is 13.1. The van der Waals surface area contributed by atoms with Gasteiger partial charge in [-0.15, -0.1) is 0 Å². The van der Waals surface area contributed by atoms with Gasteiger partial charge in [0.1, 0.15) is 0 Å². The van der Waals surface area contributed by atoms with Gasteiger partial charge in [0.2, 0.25) is 5.91 Å². The molecule has 1 N–H and O–H groups in total. The molecule has 0 aliphatic carbocycles. The lowest BCUT2D eigenvalue weighted by Gasteiger charge is -2.16. The molecule has 1 aromatic heterocycles. The topological polar surface area (TPSA) is 62.3 Å². The Hall–Kier alpha value is -2.69. The molecule has 1 saturated heterocycles. The third kappa shape index (κ3) is 3.56. The lowest BCUT2D eigenvalue weighted by atomic mass is 10.2. The van der Waals surface area contributed by atoms with Gasteiger partial charge >= 0.3 is 0 Å². The molecule has 0 spiro atoms. The van der Waals surface area contributed by atoms with Crippen LogP contribution in [0.2, 0.25) is 0 Å². The number of hydrogen-bond donors (Lipinski definition) is 1. The van der Waals surface area contributed by atoms with Gasteiger partial charge in [0.25, 0.3) is 5.91 Å². The number of amides is 2. The van der Waals surface area contributed by atoms with Crippen LogP contribution < -0.4 is 10.2 Å². The van der Waals surface area contributed by atoms with Gasteiger partial charge < -0.3 is 10.2 Å². The molecule has 5 heteroatoms. The number of aromatic nitrogens is 1. The summed E-state index contributed by atoms with van der Waals surface area (Å²) in [6, 6.07) is 11.3.